The average Bonchev–Trinajstić information content (AvgIpc) is 2.61. The van der Waals surface area contributed by atoms with Crippen LogP contribution in [0.5, 0.6) is 5.75 Å². The number of hydrogen-bond acceptors (Lipinski definition) is 1. The van der Waals surface area contributed by atoms with Gasteiger partial charge in [0.2, 0.25) is 0 Å². The maximum atomic E-state index is 13.0. The van der Waals surface area contributed by atoms with Crippen molar-refractivity contribution in [2.24, 2.45) is 0 Å². The zero-order valence-electron chi connectivity index (χ0n) is 15.2. The van der Waals surface area contributed by atoms with Gasteiger partial charge in [0.05, 0.1) is 6.04 Å². The lowest BCUT2D eigenvalue weighted by atomic mass is 9.96. The van der Waals surface area contributed by atoms with E-state index < -0.39 is 0 Å². The van der Waals surface area contributed by atoms with Crippen molar-refractivity contribution in [1.82, 2.24) is 0 Å². The van der Waals surface area contributed by atoms with Crippen LogP contribution >= 0.6 is 11.6 Å². The van der Waals surface area contributed by atoms with Crippen molar-refractivity contribution in [2.75, 3.05) is 0 Å². The molecule has 4 heteroatoms. The molecule has 1 aliphatic carbocycles. The first-order valence-corrected chi connectivity index (χ1v) is 10.1. The summed E-state index contributed by atoms with van der Waals surface area (Å²) < 4.78 is 19.0. The second-order valence-corrected chi connectivity index (χ2v) is 7.65. The summed E-state index contributed by atoms with van der Waals surface area (Å²) in [7, 11) is 0. The van der Waals surface area contributed by atoms with Crippen molar-refractivity contribution in [3.05, 3.63) is 64.4 Å². The summed E-state index contributed by atoms with van der Waals surface area (Å²) in [5.74, 6) is 0.635. The SMILES string of the molecule is Fc1ccc(COc2ccc(Cl)cc2C[NH2+]C2CCCCCCC2)cc1. The Morgan fingerprint density at radius 1 is 0.962 bits per heavy atom. The number of hydrogen-bond donors (Lipinski definition) is 1. The van der Waals surface area contributed by atoms with Crippen LogP contribution in [0.4, 0.5) is 4.39 Å². The molecule has 0 aromatic heterocycles. The molecule has 0 heterocycles. The molecular formula is C22H28ClFNO+. The molecule has 2 aromatic carbocycles. The molecule has 26 heavy (non-hydrogen) atoms. The van der Waals surface area contributed by atoms with E-state index >= 15 is 0 Å². The minimum absolute atomic E-state index is 0.227. The Kier molecular flexibility index (Phi) is 7.33. The lowest BCUT2D eigenvalue weighted by Crippen LogP contribution is -2.88. The van der Waals surface area contributed by atoms with Crippen LogP contribution in [-0.4, -0.2) is 6.04 Å². The Bertz CT molecular complexity index is 681. The van der Waals surface area contributed by atoms with Gasteiger partial charge in [0.1, 0.15) is 24.7 Å². The third-order valence-corrected chi connectivity index (χ3v) is 5.39. The Morgan fingerprint density at radius 3 is 2.38 bits per heavy atom. The van der Waals surface area contributed by atoms with Gasteiger partial charge in [0, 0.05) is 10.6 Å². The third kappa shape index (κ3) is 6.00. The minimum atomic E-state index is -0.227. The van der Waals surface area contributed by atoms with Gasteiger partial charge < -0.3 is 10.1 Å². The number of rotatable bonds is 6. The number of nitrogens with two attached hydrogens (primary N) is 1. The van der Waals surface area contributed by atoms with Crippen LogP contribution in [-0.2, 0) is 13.2 Å². The monoisotopic (exact) mass is 376 g/mol. The van der Waals surface area contributed by atoms with Crippen LogP contribution < -0.4 is 10.1 Å². The smallest absolute Gasteiger partial charge is 0.128 e. The Balaban J connectivity index is 1.60. The van der Waals surface area contributed by atoms with E-state index in [-0.39, 0.29) is 5.82 Å². The molecule has 0 saturated heterocycles. The van der Waals surface area contributed by atoms with Crippen molar-refractivity contribution in [3.63, 3.8) is 0 Å². The third-order valence-electron chi connectivity index (χ3n) is 5.15. The molecule has 2 N–H and O–H groups in total. The average molecular weight is 377 g/mol. The van der Waals surface area contributed by atoms with Gasteiger partial charge in [-0.05, 0) is 61.6 Å². The van der Waals surface area contributed by atoms with E-state index in [0.29, 0.717) is 12.6 Å². The maximum absolute atomic E-state index is 13.0. The van der Waals surface area contributed by atoms with E-state index in [2.05, 4.69) is 5.32 Å². The summed E-state index contributed by atoms with van der Waals surface area (Å²) in [4.78, 5) is 0. The van der Waals surface area contributed by atoms with Crippen molar-refractivity contribution in [3.8, 4) is 5.75 Å². The molecule has 0 atom stereocenters. The summed E-state index contributed by atoms with van der Waals surface area (Å²) in [5.41, 5.74) is 2.08. The van der Waals surface area contributed by atoms with E-state index in [4.69, 9.17) is 16.3 Å². The molecule has 0 bridgehead atoms. The molecule has 140 valence electrons. The predicted molar refractivity (Wildman–Crippen MR) is 104 cm³/mol. The van der Waals surface area contributed by atoms with Crippen LogP contribution in [0.1, 0.15) is 56.1 Å². The number of benzene rings is 2. The molecule has 1 aliphatic rings. The van der Waals surface area contributed by atoms with Gasteiger partial charge in [-0.25, -0.2) is 4.39 Å². The van der Waals surface area contributed by atoms with Crippen molar-refractivity contribution >= 4 is 11.6 Å². The highest BCUT2D eigenvalue weighted by atomic mass is 35.5. The molecule has 3 rings (SSSR count). The first-order chi connectivity index (χ1) is 12.7. The van der Waals surface area contributed by atoms with E-state index in [1.807, 2.05) is 18.2 Å². The number of ether oxygens (including phenoxy) is 1. The van der Waals surface area contributed by atoms with Crippen LogP contribution in [0.25, 0.3) is 0 Å². The fraction of sp³-hybridized carbons (Fsp3) is 0.455. The Hall–Kier alpha value is -1.58. The van der Waals surface area contributed by atoms with Gasteiger partial charge in [-0.2, -0.15) is 0 Å². The summed E-state index contributed by atoms with van der Waals surface area (Å²) >= 11 is 6.21. The Labute approximate surface area is 160 Å². The van der Waals surface area contributed by atoms with Crippen LogP contribution in [0.2, 0.25) is 5.02 Å². The van der Waals surface area contributed by atoms with Gasteiger partial charge in [-0.3, -0.25) is 0 Å². The molecular weight excluding hydrogens is 349 g/mol. The van der Waals surface area contributed by atoms with E-state index in [1.165, 1.54) is 57.1 Å². The lowest BCUT2D eigenvalue weighted by molar-refractivity contribution is -0.706. The van der Waals surface area contributed by atoms with E-state index in [1.54, 1.807) is 12.1 Å². The van der Waals surface area contributed by atoms with E-state index in [9.17, 15) is 4.39 Å². The standard InChI is InChI=1S/C22H27ClFNO/c23-19-10-13-22(26-16-17-8-11-20(24)12-9-17)18(14-19)15-25-21-6-4-2-1-3-5-7-21/h8-14,21,25H,1-7,15-16H2/p+1. The molecule has 0 radical (unpaired) electrons. The number of halogens is 2. The fourth-order valence-electron chi connectivity index (χ4n) is 3.61. The zero-order chi connectivity index (χ0) is 18.2. The second-order valence-electron chi connectivity index (χ2n) is 7.21. The Morgan fingerprint density at radius 2 is 1.65 bits per heavy atom. The summed E-state index contributed by atoms with van der Waals surface area (Å²) in [6.07, 6.45) is 9.40. The predicted octanol–water partition coefficient (Wildman–Crippen LogP) is 5.23. The largest absolute Gasteiger partial charge is 0.488 e. The quantitative estimate of drug-likeness (QED) is 0.733. The van der Waals surface area contributed by atoms with Crippen molar-refractivity contribution in [1.29, 1.82) is 0 Å². The van der Waals surface area contributed by atoms with Gasteiger partial charge in [-0.15, -0.1) is 0 Å². The van der Waals surface area contributed by atoms with Gasteiger partial charge >= 0.3 is 0 Å². The van der Waals surface area contributed by atoms with Gasteiger partial charge in [-0.1, -0.05) is 43.0 Å². The normalized spacial score (nSPS) is 16.1. The first kappa shape index (κ1) is 19.2. The van der Waals surface area contributed by atoms with Crippen LogP contribution in [0.3, 0.4) is 0 Å². The first-order valence-electron chi connectivity index (χ1n) is 9.70. The summed E-state index contributed by atoms with van der Waals surface area (Å²) in [5, 5.41) is 3.18. The number of quaternary nitrogens is 1. The fourth-order valence-corrected chi connectivity index (χ4v) is 3.80. The highest BCUT2D eigenvalue weighted by molar-refractivity contribution is 6.30. The zero-order valence-corrected chi connectivity index (χ0v) is 16.0. The molecule has 2 nitrogen and oxygen atoms in total. The lowest BCUT2D eigenvalue weighted by Gasteiger charge is -2.19. The highest BCUT2D eigenvalue weighted by Gasteiger charge is 2.15. The molecule has 1 saturated carbocycles. The van der Waals surface area contributed by atoms with Crippen molar-refractivity contribution < 1.29 is 14.4 Å². The molecule has 0 unspecified atom stereocenters. The summed E-state index contributed by atoms with van der Waals surface area (Å²) in [6, 6.07) is 12.9. The molecule has 0 aliphatic heterocycles. The molecule has 0 spiro atoms. The molecule has 2 aromatic rings. The van der Waals surface area contributed by atoms with Crippen LogP contribution in [0, 0.1) is 5.82 Å². The summed E-state index contributed by atoms with van der Waals surface area (Å²) in [6.45, 7) is 1.31. The molecule has 0 amide bonds. The topological polar surface area (TPSA) is 25.8 Å². The second kappa shape index (κ2) is 9.94. The highest BCUT2D eigenvalue weighted by Crippen LogP contribution is 2.24. The van der Waals surface area contributed by atoms with E-state index in [0.717, 1.165) is 28.4 Å². The van der Waals surface area contributed by atoms with Gasteiger partial charge in [0.25, 0.3) is 0 Å². The van der Waals surface area contributed by atoms with Crippen LogP contribution in [0.15, 0.2) is 42.5 Å². The molecule has 1 fully saturated rings. The minimum Gasteiger partial charge on any atom is -0.488 e. The van der Waals surface area contributed by atoms with Crippen molar-refractivity contribution in [2.45, 2.75) is 64.1 Å². The van der Waals surface area contributed by atoms with Gasteiger partial charge in [0.15, 0.2) is 0 Å². The maximum Gasteiger partial charge on any atom is 0.128 e.